The van der Waals surface area contributed by atoms with Gasteiger partial charge in [-0.05, 0) is 32.9 Å². The first-order valence-corrected chi connectivity index (χ1v) is 11.6. The van der Waals surface area contributed by atoms with Gasteiger partial charge in [-0.15, -0.1) is 24.0 Å². The number of nitrogens with one attached hydrogen (secondary N) is 2. The van der Waals surface area contributed by atoms with E-state index in [2.05, 4.69) is 69.4 Å². The fraction of sp³-hybridized carbons (Fsp3) is 0.542. The van der Waals surface area contributed by atoms with Gasteiger partial charge in [0.1, 0.15) is 11.4 Å². The lowest BCUT2D eigenvalue weighted by Crippen LogP contribution is -2.48. The molecule has 4 rings (SSSR count). The number of guanidine groups is 1. The third-order valence-corrected chi connectivity index (χ3v) is 5.92. The van der Waals surface area contributed by atoms with Gasteiger partial charge in [0.05, 0.1) is 12.6 Å². The van der Waals surface area contributed by atoms with Gasteiger partial charge in [-0.25, -0.2) is 9.97 Å². The summed E-state index contributed by atoms with van der Waals surface area (Å²) in [5.74, 6) is 2.64. The van der Waals surface area contributed by atoms with Crippen molar-refractivity contribution in [3.05, 3.63) is 48.3 Å². The van der Waals surface area contributed by atoms with Crippen molar-refractivity contribution in [1.29, 1.82) is 0 Å². The molecule has 0 saturated carbocycles. The van der Waals surface area contributed by atoms with E-state index in [-0.39, 0.29) is 35.6 Å². The van der Waals surface area contributed by atoms with E-state index in [1.54, 1.807) is 12.4 Å². The number of benzene rings is 1. The molecule has 1 aromatic heterocycles. The van der Waals surface area contributed by atoms with E-state index in [1.807, 2.05) is 12.1 Å². The van der Waals surface area contributed by atoms with Crippen LogP contribution in [-0.2, 0) is 0 Å². The Balaban J connectivity index is 0.00000306. The molecule has 2 aliphatic heterocycles. The molecular formula is C24H36IN7O. The Labute approximate surface area is 214 Å². The molecule has 1 saturated heterocycles. The van der Waals surface area contributed by atoms with Gasteiger partial charge in [-0.3, -0.25) is 9.89 Å². The molecule has 33 heavy (non-hydrogen) atoms. The lowest BCUT2D eigenvalue weighted by Gasteiger charge is -2.38. The second kappa shape index (κ2) is 11.8. The number of nitrogens with zero attached hydrogens (tertiary/aromatic N) is 5. The molecule has 1 atom stereocenters. The maximum absolute atomic E-state index is 6.17. The molecule has 9 heteroatoms. The number of para-hydroxylation sites is 1. The van der Waals surface area contributed by atoms with Crippen LogP contribution in [0.15, 0.2) is 47.7 Å². The van der Waals surface area contributed by atoms with Crippen LogP contribution in [0.1, 0.15) is 38.8 Å². The summed E-state index contributed by atoms with van der Waals surface area (Å²) in [6.45, 7) is 12.8. The van der Waals surface area contributed by atoms with Crippen molar-refractivity contribution < 1.29 is 4.74 Å². The maximum Gasteiger partial charge on any atom is 0.225 e. The summed E-state index contributed by atoms with van der Waals surface area (Å²) in [7, 11) is 0. The third-order valence-electron chi connectivity index (χ3n) is 5.92. The fourth-order valence-corrected chi connectivity index (χ4v) is 4.35. The van der Waals surface area contributed by atoms with Crippen molar-refractivity contribution >= 4 is 35.9 Å². The number of hydrogen-bond donors (Lipinski definition) is 2. The Bertz CT molecular complexity index is 901. The second-order valence-corrected chi connectivity index (χ2v) is 8.94. The fourth-order valence-electron chi connectivity index (χ4n) is 4.35. The van der Waals surface area contributed by atoms with Crippen LogP contribution in [0.25, 0.3) is 0 Å². The number of halogens is 1. The zero-order valence-electron chi connectivity index (χ0n) is 19.8. The number of aliphatic imine (C=N–C) groups is 1. The Morgan fingerprint density at radius 3 is 2.58 bits per heavy atom. The van der Waals surface area contributed by atoms with Crippen molar-refractivity contribution in [3.63, 3.8) is 0 Å². The number of hydrogen-bond acceptors (Lipinski definition) is 6. The molecular weight excluding hydrogens is 529 g/mol. The summed E-state index contributed by atoms with van der Waals surface area (Å²) in [6, 6.07) is 10.3. The van der Waals surface area contributed by atoms with Gasteiger partial charge < -0.3 is 20.3 Å². The highest BCUT2D eigenvalue weighted by Crippen LogP contribution is 2.39. The number of aromatic nitrogens is 2. The summed E-state index contributed by atoms with van der Waals surface area (Å²) in [5.41, 5.74) is 0.975. The molecule has 0 bridgehead atoms. The largest absolute Gasteiger partial charge is 0.487 e. The molecule has 1 fully saturated rings. The highest BCUT2D eigenvalue weighted by atomic mass is 127. The number of piperazine rings is 1. The quantitative estimate of drug-likeness (QED) is 0.317. The normalized spacial score (nSPS) is 20.3. The van der Waals surface area contributed by atoms with Crippen LogP contribution in [0.4, 0.5) is 5.95 Å². The average molecular weight is 566 g/mol. The maximum atomic E-state index is 6.17. The Hall–Kier alpha value is -2.14. The number of anilines is 1. The van der Waals surface area contributed by atoms with Crippen LogP contribution >= 0.6 is 24.0 Å². The molecule has 0 aliphatic carbocycles. The minimum atomic E-state index is -0.217. The number of rotatable bonds is 6. The lowest BCUT2D eigenvalue weighted by molar-refractivity contribution is 0.0694. The van der Waals surface area contributed by atoms with Crippen LogP contribution in [-0.4, -0.2) is 72.2 Å². The van der Waals surface area contributed by atoms with E-state index < -0.39 is 0 Å². The number of fused-ring (bicyclic) bond motifs is 1. The van der Waals surface area contributed by atoms with E-state index in [9.17, 15) is 0 Å². The van der Waals surface area contributed by atoms with E-state index in [4.69, 9.17) is 9.73 Å². The smallest absolute Gasteiger partial charge is 0.225 e. The van der Waals surface area contributed by atoms with Crippen molar-refractivity contribution in [1.82, 2.24) is 25.5 Å². The summed E-state index contributed by atoms with van der Waals surface area (Å²) in [6.07, 6.45) is 4.49. The monoisotopic (exact) mass is 565 g/mol. The molecule has 2 aliphatic rings. The van der Waals surface area contributed by atoms with Gasteiger partial charge in [0.25, 0.3) is 0 Å². The van der Waals surface area contributed by atoms with Gasteiger partial charge in [-0.1, -0.05) is 18.2 Å². The molecule has 2 aromatic rings. The minimum absolute atomic E-state index is 0. The first-order valence-electron chi connectivity index (χ1n) is 11.6. The zero-order valence-corrected chi connectivity index (χ0v) is 22.2. The first-order chi connectivity index (χ1) is 15.5. The van der Waals surface area contributed by atoms with Crippen molar-refractivity contribution in [3.8, 4) is 5.75 Å². The second-order valence-electron chi connectivity index (χ2n) is 8.94. The van der Waals surface area contributed by atoms with Crippen LogP contribution in [0, 0.1) is 0 Å². The third kappa shape index (κ3) is 6.92. The molecule has 0 amide bonds. The van der Waals surface area contributed by atoms with Gasteiger partial charge in [0.15, 0.2) is 5.96 Å². The molecule has 2 N–H and O–H groups in total. The topological polar surface area (TPSA) is 77.9 Å². The molecule has 0 radical (unpaired) electrons. The SMILES string of the molecule is CCNC(=NCCN1CCN(c2ncccn2)CC1)NC1CC(C)(C)Oc2ccccc21.I. The molecule has 1 unspecified atom stereocenters. The summed E-state index contributed by atoms with van der Waals surface area (Å²) < 4.78 is 6.17. The Morgan fingerprint density at radius 2 is 1.85 bits per heavy atom. The molecule has 8 nitrogen and oxygen atoms in total. The van der Waals surface area contributed by atoms with Gasteiger partial charge >= 0.3 is 0 Å². The van der Waals surface area contributed by atoms with Crippen LogP contribution in [0.3, 0.4) is 0 Å². The van der Waals surface area contributed by atoms with Gasteiger partial charge in [-0.2, -0.15) is 0 Å². The zero-order chi connectivity index (χ0) is 22.4. The van der Waals surface area contributed by atoms with E-state index in [0.29, 0.717) is 0 Å². The molecule has 1 aromatic carbocycles. The van der Waals surface area contributed by atoms with Gasteiger partial charge in [0.2, 0.25) is 5.95 Å². The molecule has 3 heterocycles. The van der Waals surface area contributed by atoms with Gasteiger partial charge in [0, 0.05) is 63.6 Å². The van der Waals surface area contributed by atoms with Crippen molar-refractivity contribution in [2.75, 3.05) is 50.7 Å². The standard InChI is InChI=1S/C24H35N7O.HI/c1-4-25-22(29-20-18-24(2,3)32-21-9-6-5-8-19(20)21)26-12-13-30-14-16-31(17-15-30)23-27-10-7-11-28-23;/h5-11,20H,4,12-18H2,1-3H3,(H2,25,26,29);1H. The average Bonchev–Trinajstić information content (AvgIpc) is 2.79. The lowest BCUT2D eigenvalue weighted by atomic mass is 9.90. The van der Waals surface area contributed by atoms with Crippen LogP contribution in [0.2, 0.25) is 0 Å². The molecule has 0 spiro atoms. The van der Waals surface area contributed by atoms with Crippen LogP contribution in [0.5, 0.6) is 5.75 Å². The highest BCUT2D eigenvalue weighted by Gasteiger charge is 2.34. The summed E-state index contributed by atoms with van der Waals surface area (Å²) >= 11 is 0. The predicted octanol–water partition coefficient (Wildman–Crippen LogP) is 3.07. The first kappa shape index (κ1) is 25.5. The van der Waals surface area contributed by atoms with Crippen molar-refractivity contribution in [2.24, 2.45) is 4.99 Å². The highest BCUT2D eigenvalue weighted by molar-refractivity contribution is 14.0. The van der Waals surface area contributed by atoms with Crippen molar-refractivity contribution in [2.45, 2.75) is 38.8 Å². The Kier molecular flexibility index (Phi) is 9.13. The summed E-state index contributed by atoms with van der Waals surface area (Å²) in [5, 5.41) is 7.06. The Morgan fingerprint density at radius 1 is 1.12 bits per heavy atom. The summed E-state index contributed by atoms with van der Waals surface area (Å²) in [4.78, 5) is 18.3. The van der Waals surface area contributed by atoms with E-state index >= 15 is 0 Å². The predicted molar refractivity (Wildman–Crippen MR) is 144 cm³/mol. The minimum Gasteiger partial charge on any atom is -0.487 e. The van der Waals surface area contributed by atoms with Crippen LogP contribution < -0.4 is 20.3 Å². The van der Waals surface area contributed by atoms with E-state index in [0.717, 1.165) is 69.9 Å². The molecule has 180 valence electrons. The van der Waals surface area contributed by atoms with E-state index in [1.165, 1.54) is 5.56 Å². The number of ether oxygens (including phenoxy) is 1.